The normalized spacial score (nSPS) is 32.0. The molecule has 1 rings (SSSR count). The molecule has 3 unspecified atom stereocenters. The van der Waals surface area contributed by atoms with Gasteiger partial charge in [0.1, 0.15) is 0 Å². The Kier molecular flexibility index (Phi) is 5.44. The van der Waals surface area contributed by atoms with Gasteiger partial charge in [0.05, 0.1) is 5.60 Å². The average Bonchev–Trinajstić information content (AvgIpc) is 2.15. The third-order valence-corrected chi connectivity index (χ3v) is 4.12. The minimum absolute atomic E-state index is 0. The predicted molar refractivity (Wildman–Crippen MR) is 71.3 cm³/mol. The summed E-state index contributed by atoms with van der Waals surface area (Å²) in [6.45, 7) is 8.17. The maximum absolute atomic E-state index is 11.6. The van der Waals surface area contributed by atoms with Crippen molar-refractivity contribution in [2.45, 2.75) is 58.2 Å². The highest BCUT2D eigenvalue weighted by Gasteiger charge is 2.58. The molecule has 3 atom stereocenters. The van der Waals surface area contributed by atoms with E-state index in [2.05, 4.69) is 26.1 Å². The molecule has 0 spiro atoms. The zero-order valence-corrected chi connectivity index (χ0v) is 12.2. The molecular formula is C12H25ClN2O2. The first-order valence-electron chi connectivity index (χ1n) is 5.83. The fraction of sp³-hybridized carbons (Fsp3) is 0.917. The quantitative estimate of drug-likeness (QED) is 0.808. The van der Waals surface area contributed by atoms with E-state index in [0.717, 1.165) is 6.42 Å². The van der Waals surface area contributed by atoms with Gasteiger partial charge in [0, 0.05) is 31.0 Å². The van der Waals surface area contributed by atoms with E-state index < -0.39 is 0 Å². The van der Waals surface area contributed by atoms with Gasteiger partial charge in [0.25, 0.3) is 0 Å². The summed E-state index contributed by atoms with van der Waals surface area (Å²) in [6, 6.07) is 0.0979. The number of nitrogens with one attached hydrogen (secondary N) is 1. The lowest BCUT2D eigenvalue weighted by molar-refractivity contribution is -0.182. The summed E-state index contributed by atoms with van der Waals surface area (Å²) < 4.78 is 5.51. The molecule has 0 bridgehead atoms. The minimum atomic E-state index is -0.140. The Morgan fingerprint density at radius 1 is 1.53 bits per heavy atom. The molecule has 0 saturated heterocycles. The van der Waals surface area contributed by atoms with Crippen molar-refractivity contribution in [1.29, 1.82) is 0 Å². The highest BCUT2D eigenvalue weighted by atomic mass is 35.5. The molecule has 4 nitrogen and oxygen atoms in total. The van der Waals surface area contributed by atoms with Crippen molar-refractivity contribution in [1.82, 2.24) is 5.32 Å². The third kappa shape index (κ3) is 3.12. The fourth-order valence-corrected chi connectivity index (χ4v) is 2.27. The van der Waals surface area contributed by atoms with Crippen LogP contribution in [0.4, 0.5) is 0 Å². The Labute approximate surface area is 110 Å². The van der Waals surface area contributed by atoms with Gasteiger partial charge in [-0.25, -0.2) is 0 Å². The molecule has 1 saturated carbocycles. The molecule has 3 N–H and O–H groups in total. The molecule has 1 amide bonds. The van der Waals surface area contributed by atoms with Gasteiger partial charge in [0.2, 0.25) is 5.91 Å². The van der Waals surface area contributed by atoms with Crippen LogP contribution >= 0.6 is 12.4 Å². The van der Waals surface area contributed by atoms with Crippen molar-refractivity contribution in [2.24, 2.45) is 11.1 Å². The molecule has 0 aliphatic heterocycles. The molecule has 1 aliphatic carbocycles. The summed E-state index contributed by atoms with van der Waals surface area (Å²) in [7, 11) is 1.72. The highest BCUT2D eigenvalue weighted by Crippen LogP contribution is 2.51. The maximum Gasteiger partial charge on any atom is 0.221 e. The van der Waals surface area contributed by atoms with E-state index in [4.69, 9.17) is 10.5 Å². The van der Waals surface area contributed by atoms with Crippen molar-refractivity contribution < 1.29 is 9.53 Å². The van der Waals surface area contributed by atoms with E-state index in [0.29, 0.717) is 6.42 Å². The van der Waals surface area contributed by atoms with E-state index in [9.17, 15) is 4.79 Å². The lowest BCUT2D eigenvalue weighted by Crippen LogP contribution is -2.68. The second-order valence-corrected chi connectivity index (χ2v) is 5.66. The summed E-state index contributed by atoms with van der Waals surface area (Å²) >= 11 is 0. The van der Waals surface area contributed by atoms with Crippen molar-refractivity contribution in [3.05, 3.63) is 0 Å². The smallest absolute Gasteiger partial charge is 0.221 e. The van der Waals surface area contributed by atoms with Crippen LogP contribution in [0.25, 0.3) is 0 Å². The topological polar surface area (TPSA) is 64.3 Å². The van der Waals surface area contributed by atoms with Crippen LogP contribution in [0.5, 0.6) is 0 Å². The monoisotopic (exact) mass is 264 g/mol. The van der Waals surface area contributed by atoms with E-state index in [-0.39, 0.29) is 41.4 Å². The van der Waals surface area contributed by atoms with Crippen LogP contribution in [-0.4, -0.2) is 30.7 Å². The molecule has 0 aromatic rings. The van der Waals surface area contributed by atoms with E-state index in [1.54, 1.807) is 7.11 Å². The second-order valence-electron chi connectivity index (χ2n) is 5.66. The van der Waals surface area contributed by atoms with Crippen molar-refractivity contribution >= 4 is 18.3 Å². The van der Waals surface area contributed by atoms with Crippen LogP contribution in [0.15, 0.2) is 0 Å². The first-order valence-corrected chi connectivity index (χ1v) is 5.83. The Morgan fingerprint density at radius 2 is 2.06 bits per heavy atom. The third-order valence-electron chi connectivity index (χ3n) is 4.12. The summed E-state index contributed by atoms with van der Waals surface area (Å²) in [4.78, 5) is 11.6. The van der Waals surface area contributed by atoms with Crippen LogP contribution in [0.1, 0.15) is 40.5 Å². The SMILES string of the molecule is COC1(C)CC(NC(=O)CC(C)N)C1(C)C.Cl. The lowest BCUT2D eigenvalue weighted by atomic mass is 9.56. The Balaban J connectivity index is 0.00000256. The molecule has 0 radical (unpaired) electrons. The largest absolute Gasteiger partial charge is 0.378 e. The maximum atomic E-state index is 11.6. The number of carbonyl (C=O) groups is 1. The zero-order chi connectivity index (χ0) is 12.6. The standard InChI is InChI=1S/C12H24N2O2.ClH/c1-8(13)6-10(15)14-9-7-12(4,16-5)11(9,2)3;/h8-9H,6-7,13H2,1-5H3,(H,14,15);1H. The Bertz CT molecular complexity index is 282. The van der Waals surface area contributed by atoms with Gasteiger partial charge < -0.3 is 15.8 Å². The number of carbonyl (C=O) groups excluding carboxylic acids is 1. The number of hydrogen-bond donors (Lipinski definition) is 2. The first kappa shape index (κ1) is 16.7. The van der Waals surface area contributed by atoms with Crippen LogP contribution in [0, 0.1) is 5.41 Å². The number of nitrogens with two attached hydrogens (primary N) is 1. The van der Waals surface area contributed by atoms with Gasteiger partial charge in [0.15, 0.2) is 0 Å². The lowest BCUT2D eigenvalue weighted by Gasteiger charge is -2.59. The van der Waals surface area contributed by atoms with E-state index >= 15 is 0 Å². The van der Waals surface area contributed by atoms with E-state index in [1.807, 2.05) is 6.92 Å². The molecule has 102 valence electrons. The zero-order valence-electron chi connectivity index (χ0n) is 11.4. The van der Waals surface area contributed by atoms with Crippen molar-refractivity contribution in [3.8, 4) is 0 Å². The summed E-state index contributed by atoms with van der Waals surface area (Å²) in [6.07, 6.45) is 1.25. The van der Waals surface area contributed by atoms with E-state index in [1.165, 1.54) is 0 Å². The Hall–Kier alpha value is -0.320. The number of hydrogen-bond acceptors (Lipinski definition) is 3. The number of methoxy groups -OCH3 is 1. The van der Waals surface area contributed by atoms with Gasteiger partial charge >= 0.3 is 0 Å². The number of rotatable bonds is 4. The van der Waals surface area contributed by atoms with Gasteiger partial charge in [-0.2, -0.15) is 0 Å². The molecule has 0 heterocycles. The fourth-order valence-electron chi connectivity index (χ4n) is 2.27. The number of halogens is 1. The molecule has 0 aromatic carbocycles. The molecule has 5 heteroatoms. The molecule has 1 aliphatic rings. The van der Waals surface area contributed by atoms with Crippen LogP contribution in [0.3, 0.4) is 0 Å². The molecule has 17 heavy (non-hydrogen) atoms. The number of ether oxygens (including phenoxy) is 1. The van der Waals surface area contributed by atoms with Gasteiger partial charge in [-0.3, -0.25) is 4.79 Å². The summed E-state index contributed by atoms with van der Waals surface area (Å²) in [5.74, 6) is 0.0335. The van der Waals surface area contributed by atoms with Gasteiger partial charge in [-0.1, -0.05) is 13.8 Å². The average molecular weight is 265 g/mol. The highest BCUT2D eigenvalue weighted by molar-refractivity contribution is 5.85. The summed E-state index contributed by atoms with van der Waals surface area (Å²) in [5, 5.41) is 3.03. The van der Waals surface area contributed by atoms with Crippen LogP contribution in [-0.2, 0) is 9.53 Å². The molecule has 0 aromatic heterocycles. The first-order chi connectivity index (χ1) is 7.23. The number of amides is 1. The minimum Gasteiger partial charge on any atom is -0.378 e. The van der Waals surface area contributed by atoms with Gasteiger partial charge in [-0.05, 0) is 20.3 Å². The van der Waals surface area contributed by atoms with Crippen LogP contribution < -0.4 is 11.1 Å². The van der Waals surface area contributed by atoms with Crippen molar-refractivity contribution in [3.63, 3.8) is 0 Å². The second kappa shape index (κ2) is 5.55. The van der Waals surface area contributed by atoms with Gasteiger partial charge in [-0.15, -0.1) is 12.4 Å². The van der Waals surface area contributed by atoms with Crippen LogP contribution in [0.2, 0.25) is 0 Å². The predicted octanol–water partition coefficient (Wildman–Crippen LogP) is 1.47. The molecule has 1 fully saturated rings. The Morgan fingerprint density at radius 3 is 2.41 bits per heavy atom. The summed E-state index contributed by atoms with van der Waals surface area (Å²) in [5.41, 5.74) is 5.42. The van der Waals surface area contributed by atoms with Crippen molar-refractivity contribution in [2.75, 3.05) is 7.11 Å². The molecular weight excluding hydrogens is 240 g/mol.